The maximum atomic E-state index is 12.7. The van der Waals surface area contributed by atoms with Gasteiger partial charge in [0, 0.05) is 6.54 Å². The quantitative estimate of drug-likeness (QED) is 0.805. The Morgan fingerprint density at radius 2 is 1.91 bits per heavy atom. The van der Waals surface area contributed by atoms with E-state index in [1.807, 2.05) is 0 Å². The lowest BCUT2D eigenvalue weighted by Crippen LogP contribution is -2.46. The zero-order valence-corrected chi connectivity index (χ0v) is 12.2. The number of alkyl halides is 3. The average molecular weight is 315 g/mol. The summed E-state index contributed by atoms with van der Waals surface area (Å²) in [7, 11) is 2.92. The second-order valence-corrected chi connectivity index (χ2v) is 4.83. The minimum absolute atomic E-state index is 0.0302. The maximum Gasteiger partial charge on any atom is 0.471 e. The number of nitrogens with zero attached hydrogens (tertiary/aromatic N) is 1. The highest BCUT2D eigenvalue weighted by atomic mass is 19.4. The van der Waals surface area contributed by atoms with Crippen molar-refractivity contribution in [2.24, 2.45) is 0 Å². The van der Waals surface area contributed by atoms with Crippen molar-refractivity contribution in [3.05, 3.63) is 35.9 Å². The van der Waals surface area contributed by atoms with Crippen LogP contribution in [0.15, 0.2) is 24.8 Å². The summed E-state index contributed by atoms with van der Waals surface area (Å²) in [6.07, 6.45) is -3.27. The van der Waals surface area contributed by atoms with Gasteiger partial charge in [0.2, 0.25) is 0 Å². The summed E-state index contributed by atoms with van der Waals surface area (Å²) in [5.41, 5.74) is 1.38. The summed E-state index contributed by atoms with van der Waals surface area (Å²) in [4.78, 5) is 12.4. The van der Waals surface area contributed by atoms with Crippen LogP contribution in [0.1, 0.15) is 17.2 Å². The minimum Gasteiger partial charge on any atom is -0.493 e. The summed E-state index contributed by atoms with van der Waals surface area (Å²) >= 11 is 0. The van der Waals surface area contributed by atoms with E-state index in [2.05, 4.69) is 6.58 Å². The van der Waals surface area contributed by atoms with Crippen molar-refractivity contribution in [2.75, 3.05) is 20.8 Å². The van der Waals surface area contributed by atoms with Crippen molar-refractivity contribution in [2.45, 2.75) is 18.6 Å². The largest absolute Gasteiger partial charge is 0.493 e. The molecular weight excluding hydrogens is 299 g/mol. The minimum atomic E-state index is -4.91. The van der Waals surface area contributed by atoms with Crippen LogP contribution in [0.25, 0.3) is 0 Å². The summed E-state index contributed by atoms with van der Waals surface area (Å²) in [6.45, 7) is 3.53. The van der Waals surface area contributed by atoms with Crippen LogP contribution in [0.3, 0.4) is 0 Å². The van der Waals surface area contributed by atoms with Gasteiger partial charge >= 0.3 is 12.1 Å². The Morgan fingerprint density at radius 1 is 1.32 bits per heavy atom. The zero-order valence-electron chi connectivity index (χ0n) is 12.2. The van der Waals surface area contributed by atoms with Crippen LogP contribution in [-0.2, 0) is 11.2 Å². The van der Waals surface area contributed by atoms with Gasteiger partial charge in [0.25, 0.3) is 0 Å². The lowest BCUT2D eigenvalue weighted by molar-refractivity contribution is -0.187. The van der Waals surface area contributed by atoms with Crippen LogP contribution in [0.2, 0.25) is 0 Å². The highest BCUT2D eigenvalue weighted by molar-refractivity contribution is 5.83. The summed E-state index contributed by atoms with van der Waals surface area (Å²) in [5.74, 6) is -0.966. The summed E-state index contributed by atoms with van der Waals surface area (Å²) < 4.78 is 48.5. The average Bonchev–Trinajstić information content (AvgIpc) is 2.50. The van der Waals surface area contributed by atoms with E-state index in [-0.39, 0.29) is 6.54 Å². The Labute approximate surface area is 126 Å². The smallest absolute Gasteiger partial charge is 0.471 e. The lowest BCUT2D eigenvalue weighted by atomic mass is 9.91. The van der Waals surface area contributed by atoms with Crippen LogP contribution in [0.5, 0.6) is 11.5 Å². The molecule has 0 spiro atoms. The first kappa shape index (κ1) is 16.2. The Bertz CT molecular complexity index is 598. The number of amides is 1. The van der Waals surface area contributed by atoms with E-state index in [4.69, 9.17) is 9.47 Å². The van der Waals surface area contributed by atoms with Gasteiger partial charge in [0.05, 0.1) is 20.3 Å². The molecular formula is C15H16F3NO3. The van der Waals surface area contributed by atoms with Gasteiger partial charge in [0.15, 0.2) is 11.5 Å². The van der Waals surface area contributed by atoms with Crippen molar-refractivity contribution < 1.29 is 27.4 Å². The number of rotatable bonds is 3. The van der Waals surface area contributed by atoms with Crippen molar-refractivity contribution in [3.8, 4) is 11.5 Å². The molecule has 22 heavy (non-hydrogen) atoms. The Balaban J connectivity index is 2.47. The van der Waals surface area contributed by atoms with Gasteiger partial charge < -0.3 is 14.4 Å². The standard InChI is InChI=1S/C15H16F3NO3/c1-4-11-10-8-13(22-3)12(21-2)7-9(10)5-6-19(11)14(20)15(16,17)18/h4,7-8,11H,1,5-6H2,2-3H3/t11-/m0/s1. The topological polar surface area (TPSA) is 38.8 Å². The number of ether oxygens (including phenoxy) is 2. The molecule has 0 bridgehead atoms. The molecule has 4 nitrogen and oxygen atoms in total. The molecule has 1 aromatic rings. The first-order valence-corrected chi connectivity index (χ1v) is 6.58. The molecule has 1 amide bonds. The fourth-order valence-corrected chi connectivity index (χ4v) is 2.62. The van der Waals surface area contributed by atoms with Crippen molar-refractivity contribution >= 4 is 5.91 Å². The molecule has 1 heterocycles. The molecule has 0 N–H and O–H groups in total. The zero-order chi connectivity index (χ0) is 16.5. The summed E-state index contributed by atoms with van der Waals surface area (Å²) in [5, 5.41) is 0. The molecule has 7 heteroatoms. The van der Waals surface area contributed by atoms with Crippen molar-refractivity contribution in [1.82, 2.24) is 4.90 Å². The first-order valence-electron chi connectivity index (χ1n) is 6.58. The molecule has 0 saturated heterocycles. The third-order valence-corrected chi connectivity index (χ3v) is 3.65. The molecule has 1 atom stereocenters. The second kappa shape index (κ2) is 5.90. The molecule has 0 saturated carbocycles. The van der Waals surface area contributed by atoms with Crippen LogP contribution >= 0.6 is 0 Å². The molecule has 0 fully saturated rings. The molecule has 1 aliphatic heterocycles. The summed E-state index contributed by atoms with van der Waals surface area (Å²) in [6, 6.07) is 2.47. The van der Waals surface area contributed by atoms with Crippen LogP contribution in [0, 0.1) is 0 Å². The number of methoxy groups -OCH3 is 2. The molecule has 0 aliphatic carbocycles. The van der Waals surface area contributed by atoms with E-state index in [0.29, 0.717) is 23.5 Å². The fraction of sp³-hybridized carbons (Fsp3) is 0.400. The molecule has 0 aromatic heterocycles. The van der Waals surface area contributed by atoms with Crippen LogP contribution < -0.4 is 9.47 Å². The van der Waals surface area contributed by atoms with Gasteiger partial charge in [-0.1, -0.05) is 6.08 Å². The van der Waals surface area contributed by atoms with Gasteiger partial charge in [-0.3, -0.25) is 4.79 Å². The van der Waals surface area contributed by atoms with Gasteiger partial charge in [-0.05, 0) is 29.7 Å². The van der Waals surface area contributed by atoms with Gasteiger partial charge in [-0.2, -0.15) is 13.2 Å². The predicted octanol–water partition coefficient (Wildman–Crippen LogP) is 2.88. The molecule has 120 valence electrons. The SMILES string of the molecule is C=C[C@H]1c2cc(OC)c(OC)cc2CCN1C(=O)C(F)(F)F. The van der Waals surface area contributed by atoms with Gasteiger partial charge in [-0.15, -0.1) is 6.58 Å². The number of fused-ring (bicyclic) bond motifs is 1. The molecule has 1 aliphatic rings. The highest BCUT2D eigenvalue weighted by Gasteiger charge is 2.45. The predicted molar refractivity (Wildman–Crippen MR) is 74.0 cm³/mol. The highest BCUT2D eigenvalue weighted by Crippen LogP contribution is 2.39. The molecule has 2 rings (SSSR count). The number of halogens is 3. The first-order chi connectivity index (χ1) is 10.3. The van der Waals surface area contributed by atoms with Crippen molar-refractivity contribution in [1.29, 1.82) is 0 Å². The van der Waals surface area contributed by atoms with Crippen LogP contribution in [-0.4, -0.2) is 37.7 Å². The maximum absolute atomic E-state index is 12.7. The van der Waals surface area contributed by atoms with Gasteiger partial charge in [-0.25, -0.2) is 0 Å². The van der Waals surface area contributed by atoms with E-state index in [1.165, 1.54) is 20.3 Å². The normalized spacial score (nSPS) is 17.7. The van der Waals surface area contributed by atoms with E-state index >= 15 is 0 Å². The Hall–Kier alpha value is -2.18. The van der Waals surface area contributed by atoms with Gasteiger partial charge in [0.1, 0.15) is 0 Å². The Morgan fingerprint density at radius 3 is 2.41 bits per heavy atom. The monoisotopic (exact) mass is 315 g/mol. The number of hydrogen-bond acceptors (Lipinski definition) is 3. The molecule has 0 radical (unpaired) electrons. The molecule has 1 aromatic carbocycles. The van der Waals surface area contributed by atoms with E-state index in [1.54, 1.807) is 12.1 Å². The van der Waals surface area contributed by atoms with Crippen molar-refractivity contribution in [3.63, 3.8) is 0 Å². The second-order valence-electron chi connectivity index (χ2n) is 4.83. The van der Waals surface area contributed by atoms with Crippen LogP contribution in [0.4, 0.5) is 13.2 Å². The number of benzene rings is 1. The van der Waals surface area contributed by atoms with E-state index in [9.17, 15) is 18.0 Å². The molecule has 0 unspecified atom stereocenters. The lowest BCUT2D eigenvalue weighted by Gasteiger charge is -2.36. The van der Waals surface area contributed by atoms with E-state index < -0.39 is 18.1 Å². The number of carbonyl (C=O) groups is 1. The third-order valence-electron chi connectivity index (χ3n) is 3.65. The fourth-order valence-electron chi connectivity index (χ4n) is 2.62. The third kappa shape index (κ3) is 2.75. The van der Waals surface area contributed by atoms with E-state index in [0.717, 1.165) is 10.5 Å². The Kier molecular flexibility index (Phi) is 4.35. The number of hydrogen-bond donors (Lipinski definition) is 0. The number of carbonyl (C=O) groups excluding carboxylic acids is 1.